The Hall–Kier alpha value is -5.53. The fraction of sp³-hybridized carbons (Fsp3) is 0.528. The van der Waals surface area contributed by atoms with Crippen LogP contribution in [0.5, 0.6) is 11.5 Å². The molecule has 16 nitrogen and oxygen atoms in total. The summed E-state index contributed by atoms with van der Waals surface area (Å²) in [4.78, 5) is 68.1. The van der Waals surface area contributed by atoms with E-state index in [4.69, 9.17) is 47.4 Å². The molecule has 8 heterocycles. The lowest BCUT2D eigenvalue weighted by atomic mass is 9.93. The van der Waals surface area contributed by atoms with Crippen LogP contribution >= 0.6 is 23.2 Å². The van der Waals surface area contributed by atoms with Crippen LogP contribution in [0.2, 0.25) is 10.0 Å². The van der Waals surface area contributed by atoms with Gasteiger partial charge in [-0.1, -0.05) is 47.5 Å². The molecule has 390 valence electrons. The molecule has 0 radical (unpaired) electrons. The van der Waals surface area contributed by atoms with E-state index in [-0.39, 0.29) is 130 Å². The van der Waals surface area contributed by atoms with Gasteiger partial charge in [-0.3, -0.25) is 19.4 Å². The predicted octanol–water partition coefficient (Wildman–Crippen LogP) is 7.15. The number of hydrogen-bond donors (Lipinski definition) is 1. The van der Waals surface area contributed by atoms with Crippen molar-refractivity contribution in [3.63, 3.8) is 0 Å². The quantitative estimate of drug-likeness (QED) is 0.209. The van der Waals surface area contributed by atoms with Gasteiger partial charge in [-0.25, -0.2) is 23.5 Å². The highest BCUT2D eigenvalue weighted by Crippen LogP contribution is 2.47. The number of halogens is 4. The van der Waals surface area contributed by atoms with E-state index in [2.05, 4.69) is 59.8 Å². The maximum atomic E-state index is 15.9. The standard InChI is InChI=1S/C53H64Cl2F2N10O6/c1-29-23-66(31(3)22-61(29)7)48-40-47(43(55)44(59-48)34-13-9-11-15-36(34)56)72-28-39-38(58-17-18-65(39)51(40)69)21-32-25-62(8)30(2)24-67(32)49-41-46(42(54)45(60-49)35-14-10-12-16-37(35)57)71-27-33-26-63(19-20-64(33)50(41)68)52(70)73-53(4,5)6/h9-16,29-33,38-39,58H,17-28H2,1-8H3/t29-,30-,31+,32+,33-,38?,39+/m1/s1. The summed E-state index contributed by atoms with van der Waals surface area (Å²) in [6.07, 6.45) is -0.0260. The zero-order valence-electron chi connectivity index (χ0n) is 42.6. The molecule has 0 saturated carbocycles. The number of amides is 3. The Morgan fingerprint density at radius 2 is 1.26 bits per heavy atom. The van der Waals surface area contributed by atoms with E-state index >= 15 is 18.4 Å². The third kappa shape index (κ3) is 9.51. The number of rotatable bonds is 6. The van der Waals surface area contributed by atoms with Gasteiger partial charge in [0.25, 0.3) is 11.8 Å². The van der Waals surface area contributed by atoms with Crippen molar-refractivity contribution in [3.05, 3.63) is 81.3 Å². The summed E-state index contributed by atoms with van der Waals surface area (Å²) in [7, 11) is 4.13. The van der Waals surface area contributed by atoms with E-state index in [1.165, 1.54) is 12.1 Å². The number of nitrogens with zero attached hydrogens (tertiary/aromatic N) is 9. The molecule has 4 saturated heterocycles. The molecule has 4 fully saturated rings. The molecule has 0 aliphatic carbocycles. The first-order valence-electron chi connectivity index (χ1n) is 25.3. The van der Waals surface area contributed by atoms with Crippen molar-refractivity contribution >= 4 is 52.7 Å². The lowest BCUT2D eigenvalue weighted by molar-refractivity contribution is 0.000946. The average molecular weight is 1050 g/mol. The van der Waals surface area contributed by atoms with Crippen LogP contribution in [0.3, 0.4) is 0 Å². The van der Waals surface area contributed by atoms with Crippen LogP contribution in [-0.4, -0.2) is 186 Å². The highest BCUT2D eigenvalue weighted by Gasteiger charge is 2.47. The zero-order valence-corrected chi connectivity index (χ0v) is 44.1. The number of nitrogens with one attached hydrogen (secondary N) is 1. The van der Waals surface area contributed by atoms with Gasteiger partial charge in [-0.2, -0.15) is 0 Å². The van der Waals surface area contributed by atoms with Gasteiger partial charge in [-0.05, 0) is 86.3 Å². The van der Waals surface area contributed by atoms with Crippen LogP contribution in [0.15, 0.2) is 48.5 Å². The fourth-order valence-corrected chi connectivity index (χ4v) is 11.9. The molecule has 1 unspecified atom stereocenters. The van der Waals surface area contributed by atoms with E-state index < -0.39 is 35.4 Å². The van der Waals surface area contributed by atoms with Crippen molar-refractivity contribution in [2.45, 2.75) is 95.9 Å². The number of ether oxygens (including phenoxy) is 3. The van der Waals surface area contributed by atoms with Crippen molar-refractivity contribution in [1.82, 2.24) is 39.8 Å². The molecule has 10 rings (SSSR count). The number of pyridine rings is 2. The van der Waals surface area contributed by atoms with Crippen molar-refractivity contribution in [2.24, 2.45) is 0 Å². The van der Waals surface area contributed by atoms with Gasteiger partial charge in [-0.15, -0.1) is 0 Å². The highest BCUT2D eigenvalue weighted by molar-refractivity contribution is 6.36. The number of aromatic nitrogens is 2. The molecule has 4 aromatic rings. The van der Waals surface area contributed by atoms with E-state index in [0.717, 1.165) is 0 Å². The molecular formula is C53H64Cl2F2N10O6. The van der Waals surface area contributed by atoms with Gasteiger partial charge in [0, 0.05) is 100 Å². The Bertz CT molecular complexity index is 2820. The summed E-state index contributed by atoms with van der Waals surface area (Å²) < 4.78 is 50.6. The first-order valence-corrected chi connectivity index (χ1v) is 26.0. The minimum absolute atomic E-state index is 0.00384. The van der Waals surface area contributed by atoms with Gasteiger partial charge in [0.05, 0.1) is 23.5 Å². The molecule has 3 amide bonds. The Labute approximate surface area is 435 Å². The van der Waals surface area contributed by atoms with Crippen LogP contribution in [0, 0.1) is 11.6 Å². The maximum Gasteiger partial charge on any atom is 0.410 e. The minimum Gasteiger partial charge on any atom is -0.489 e. The van der Waals surface area contributed by atoms with Crippen LogP contribution < -0.4 is 24.6 Å². The molecule has 2 aromatic carbocycles. The van der Waals surface area contributed by atoms with Crippen molar-refractivity contribution in [2.75, 3.05) is 96.0 Å². The molecule has 6 aliphatic heterocycles. The summed E-state index contributed by atoms with van der Waals surface area (Å²) in [6, 6.07) is 10.9. The molecule has 20 heteroatoms. The molecular weight excluding hydrogens is 982 g/mol. The first-order chi connectivity index (χ1) is 34.8. The number of carbonyl (C=O) groups is 3. The highest BCUT2D eigenvalue weighted by atomic mass is 35.5. The molecule has 73 heavy (non-hydrogen) atoms. The van der Waals surface area contributed by atoms with Gasteiger partial charge >= 0.3 is 6.09 Å². The first kappa shape index (κ1) is 51.0. The Balaban J connectivity index is 1.02. The number of anilines is 2. The Kier molecular flexibility index (Phi) is 13.9. The van der Waals surface area contributed by atoms with Crippen LogP contribution in [0.25, 0.3) is 22.5 Å². The van der Waals surface area contributed by atoms with Gasteiger partial charge in [0.2, 0.25) is 0 Å². The lowest BCUT2D eigenvalue weighted by Gasteiger charge is -2.48. The smallest absolute Gasteiger partial charge is 0.410 e. The zero-order chi connectivity index (χ0) is 51.8. The number of benzene rings is 2. The molecule has 6 aliphatic rings. The summed E-state index contributed by atoms with van der Waals surface area (Å²) >= 11 is 14.5. The van der Waals surface area contributed by atoms with Gasteiger partial charge in [0.1, 0.15) is 63.3 Å². The second-order valence-electron chi connectivity index (χ2n) is 21.5. The maximum absolute atomic E-state index is 15.9. The summed E-state index contributed by atoms with van der Waals surface area (Å²) in [5.41, 5.74) is 0.376. The largest absolute Gasteiger partial charge is 0.489 e. The lowest BCUT2D eigenvalue weighted by Crippen LogP contribution is -2.64. The summed E-state index contributed by atoms with van der Waals surface area (Å²) in [5.74, 6) is -0.704. The van der Waals surface area contributed by atoms with E-state index in [9.17, 15) is 4.79 Å². The predicted molar refractivity (Wildman–Crippen MR) is 276 cm³/mol. The monoisotopic (exact) mass is 1040 g/mol. The van der Waals surface area contributed by atoms with E-state index in [0.29, 0.717) is 57.3 Å². The molecule has 0 spiro atoms. The molecule has 1 N–H and O–H groups in total. The summed E-state index contributed by atoms with van der Waals surface area (Å²) in [6.45, 7) is 15.5. The van der Waals surface area contributed by atoms with Crippen LogP contribution in [0.4, 0.5) is 25.2 Å². The number of piperazine rings is 4. The van der Waals surface area contributed by atoms with Gasteiger partial charge in [0.15, 0.2) is 11.5 Å². The average Bonchev–Trinajstić information content (AvgIpc) is 3.60. The van der Waals surface area contributed by atoms with E-state index in [1.54, 1.807) is 67.0 Å². The Morgan fingerprint density at radius 1 is 0.712 bits per heavy atom. The third-order valence-corrected chi connectivity index (χ3v) is 16.2. The normalized spacial score (nSPS) is 26.0. The van der Waals surface area contributed by atoms with Crippen molar-refractivity contribution in [3.8, 4) is 34.0 Å². The number of fused-ring (bicyclic) bond motifs is 4. The van der Waals surface area contributed by atoms with Crippen molar-refractivity contribution < 1.29 is 37.4 Å². The molecule has 7 atom stereocenters. The second kappa shape index (κ2) is 20.0. The van der Waals surface area contributed by atoms with Crippen molar-refractivity contribution in [1.29, 1.82) is 0 Å². The van der Waals surface area contributed by atoms with Crippen LogP contribution in [-0.2, 0) is 4.74 Å². The van der Waals surface area contributed by atoms with Crippen LogP contribution in [0.1, 0.15) is 68.7 Å². The second-order valence-corrected chi connectivity index (χ2v) is 22.3. The Morgan fingerprint density at radius 3 is 1.86 bits per heavy atom. The SMILES string of the molecule is C[C@@H]1CN(c2nc(-c3ccccc3F)c(Cl)c3c2C(=O)N2CCN(C(=O)OC(C)(C)C)C[C@@H]2CO3)[C@@H](CC2NCCN3C(=O)c4c(N5C[C@@H](C)N(C)C[C@@H]5C)nc(-c5ccccc5F)c(Cl)c4OC[C@@H]23)CN1C. The topological polar surface area (TPSA) is 139 Å². The van der Waals surface area contributed by atoms with E-state index in [1.807, 2.05) is 4.90 Å². The fourth-order valence-electron chi connectivity index (χ4n) is 11.3. The third-order valence-electron chi connectivity index (χ3n) is 15.5. The number of carbonyl (C=O) groups excluding carboxylic acids is 3. The number of hydrogen-bond acceptors (Lipinski definition) is 13. The number of likely N-dealkylation sites (N-methyl/N-ethyl adjacent to an activating group) is 2. The minimum atomic E-state index is -0.714. The molecule has 2 aromatic heterocycles. The molecule has 0 bridgehead atoms. The summed E-state index contributed by atoms with van der Waals surface area (Å²) in [5, 5.41) is 3.79. The van der Waals surface area contributed by atoms with Gasteiger partial charge < -0.3 is 44.0 Å².